The van der Waals surface area contributed by atoms with Crippen LogP contribution in [-0.2, 0) is 11.3 Å². The molecule has 2 aliphatic rings. The standard InChI is InChI=1S/C19H24N4O2/c24-19(23-10-4-5-11-23)16-8-12-22(13-9-16)14-17-20-18(21-25-17)15-6-2-1-3-7-15/h1-3,6-7,16H,4-5,8-14H2. The highest BCUT2D eigenvalue weighted by Crippen LogP contribution is 2.23. The van der Waals surface area contributed by atoms with E-state index in [2.05, 4.69) is 15.0 Å². The fraction of sp³-hybridized carbons (Fsp3) is 0.526. The van der Waals surface area contributed by atoms with Gasteiger partial charge in [0.05, 0.1) is 6.54 Å². The van der Waals surface area contributed by atoms with Gasteiger partial charge in [-0.05, 0) is 38.8 Å². The monoisotopic (exact) mass is 340 g/mol. The number of hydrogen-bond donors (Lipinski definition) is 0. The third kappa shape index (κ3) is 3.74. The molecule has 25 heavy (non-hydrogen) atoms. The molecule has 2 aliphatic heterocycles. The van der Waals surface area contributed by atoms with E-state index in [0.29, 0.717) is 24.2 Å². The number of rotatable bonds is 4. The van der Waals surface area contributed by atoms with E-state index in [-0.39, 0.29) is 5.92 Å². The topological polar surface area (TPSA) is 62.5 Å². The highest BCUT2D eigenvalue weighted by Gasteiger charge is 2.30. The number of likely N-dealkylation sites (tertiary alicyclic amines) is 2. The molecule has 6 nitrogen and oxygen atoms in total. The van der Waals surface area contributed by atoms with E-state index in [9.17, 15) is 4.79 Å². The van der Waals surface area contributed by atoms with Gasteiger partial charge in [0.2, 0.25) is 17.6 Å². The zero-order valence-electron chi connectivity index (χ0n) is 14.4. The van der Waals surface area contributed by atoms with E-state index in [1.165, 1.54) is 0 Å². The summed E-state index contributed by atoms with van der Waals surface area (Å²) in [4.78, 5) is 21.3. The summed E-state index contributed by atoms with van der Waals surface area (Å²) in [6.07, 6.45) is 4.17. The van der Waals surface area contributed by atoms with E-state index < -0.39 is 0 Å². The van der Waals surface area contributed by atoms with Crippen LogP contribution in [0.1, 0.15) is 31.6 Å². The number of amides is 1. The molecule has 1 amide bonds. The van der Waals surface area contributed by atoms with Crippen molar-refractivity contribution < 1.29 is 9.32 Å². The van der Waals surface area contributed by atoms with Crippen LogP contribution in [0.15, 0.2) is 34.9 Å². The highest BCUT2D eigenvalue weighted by atomic mass is 16.5. The number of carbonyl (C=O) groups is 1. The van der Waals surface area contributed by atoms with Crippen LogP contribution in [0.3, 0.4) is 0 Å². The molecule has 0 saturated carbocycles. The molecule has 132 valence electrons. The van der Waals surface area contributed by atoms with Gasteiger partial charge >= 0.3 is 0 Å². The Labute approximate surface area is 147 Å². The molecule has 0 aliphatic carbocycles. The molecule has 1 aromatic heterocycles. The smallest absolute Gasteiger partial charge is 0.241 e. The van der Waals surface area contributed by atoms with Crippen molar-refractivity contribution in [3.63, 3.8) is 0 Å². The first-order chi connectivity index (χ1) is 12.3. The van der Waals surface area contributed by atoms with Gasteiger partial charge < -0.3 is 9.42 Å². The first-order valence-corrected chi connectivity index (χ1v) is 9.19. The lowest BCUT2D eigenvalue weighted by atomic mass is 9.95. The molecule has 2 fully saturated rings. The number of aromatic nitrogens is 2. The van der Waals surface area contributed by atoms with Crippen LogP contribution in [0.25, 0.3) is 11.4 Å². The van der Waals surface area contributed by atoms with Crippen molar-refractivity contribution in [1.82, 2.24) is 19.9 Å². The lowest BCUT2D eigenvalue weighted by Gasteiger charge is -2.32. The first-order valence-electron chi connectivity index (χ1n) is 9.19. The maximum atomic E-state index is 12.5. The van der Waals surface area contributed by atoms with Crippen LogP contribution >= 0.6 is 0 Å². The fourth-order valence-electron chi connectivity index (χ4n) is 3.75. The predicted molar refractivity (Wildman–Crippen MR) is 93.5 cm³/mol. The van der Waals surface area contributed by atoms with Gasteiger partial charge in [-0.3, -0.25) is 9.69 Å². The summed E-state index contributed by atoms with van der Waals surface area (Å²) < 4.78 is 5.40. The summed E-state index contributed by atoms with van der Waals surface area (Å²) in [5.41, 5.74) is 0.965. The van der Waals surface area contributed by atoms with Crippen LogP contribution in [0.2, 0.25) is 0 Å². The van der Waals surface area contributed by atoms with Crippen molar-refractivity contribution in [2.75, 3.05) is 26.2 Å². The van der Waals surface area contributed by atoms with Crippen molar-refractivity contribution >= 4 is 5.91 Å². The molecule has 2 saturated heterocycles. The van der Waals surface area contributed by atoms with E-state index in [0.717, 1.165) is 57.4 Å². The van der Waals surface area contributed by atoms with Gasteiger partial charge in [-0.2, -0.15) is 4.98 Å². The normalized spacial score (nSPS) is 19.4. The lowest BCUT2D eigenvalue weighted by molar-refractivity contribution is -0.136. The molecule has 1 aromatic carbocycles. The molecule has 0 N–H and O–H groups in total. The molecule has 0 bridgehead atoms. The van der Waals surface area contributed by atoms with E-state index >= 15 is 0 Å². The zero-order valence-corrected chi connectivity index (χ0v) is 14.4. The fourth-order valence-corrected chi connectivity index (χ4v) is 3.75. The van der Waals surface area contributed by atoms with Gasteiger partial charge in [-0.15, -0.1) is 0 Å². The number of benzene rings is 1. The van der Waals surface area contributed by atoms with Crippen molar-refractivity contribution in [3.05, 3.63) is 36.2 Å². The van der Waals surface area contributed by atoms with Gasteiger partial charge in [-0.25, -0.2) is 0 Å². The van der Waals surface area contributed by atoms with E-state index in [1.54, 1.807) is 0 Å². The number of hydrogen-bond acceptors (Lipinski definition) is 5. The minimum Gasteiger partial charge on any atom is -0.342 e. The third-order valence-corrected chi connectivity index (χ3v) is 5.21. The van der Waals surface area contributed by atoms with Gasteiger partial charge in [0.15, 0.2) is 0 Å². The zero-order chi connectivity index (χ0) is 17.1. The van der Waals surface area contributed by atoms with Crippen molar-refractivity contribution in [3.8, 4) is 11.4 Å². The number of piperidine rings is 1. The molecule has 0 unspecified atom stereocenters. The van der Waals surface area contributed by atoms with Gasteiger partial charge in [-0.1, -0.05) is 35.5 Å². The Hall–Kier alpha value is -2.21. The van der Waals surface area contributed by atoms with E-state index in [4.69, 9.17) is 4.52 Å². The summed E-state index contributed by atoms with van der Waals surface area (Å²) >= 11 is 0. The maximum Gasteiger partial charge on any atom is 0.241 e. The average Bonchev–Trinajstić information content (AvgIpc) is 3.35. The SMILES string of the molecule is O=C(C1CCN(Cc2nc(-c3ccccc3)no2)CC1)N1CCCC1. The predicted octanol–water partition coefficient (Wildman–Crippen LogP) is 2.57. The van der Waals surface area contributed by atoms with Crippen LogP contribution in [0.4, 0.5) is 0 Å². The molecule has 3 heterocycles. The lowest BCUT2D eigenvalue weighted by Crippen LogP contribution is -2.41. The maximum absolute atomic E-state index is 12.5. The second-order valence-electron chi connectivity index (χ2n) is 6.96. The second kappa shape index (κ2) is 7.35. The molecule has 0 radical (unpaired) electrons. The van der Waals surface area contributed by atoms with Crippen LogP contribution in [-0.4, -0.2) is 52.0 Å². The summed E-state index contributed by atoms with van der Waals surface area (Å²) in [5.74, 6) is 1.83. The molecule has 0 spiro atoms. The Bertz CT molecular complexity index is 701. The van der Waals surface area contributed by atoms with Gasteiger partial charge in [0.1, 0.15) is 0 Å². The van der Waals surface area contributed by atoms with Crippen LogP contribution < -0.4 is 0 Å². The Morgan fingerprint density at radius 3 is 2.52 bits per heavy atom. The number of nitrogens with zero attached hydrogens (tertiary/aromatic N) is 4. The highest BCUT2D eigenvalue weighted by molar-refractivity contribution is 5.79. The molecular formula is C19H24N4O2. The first kappa shape index (κ1) is 16.3. The van der Waals surface area contributed by atoms with Gasteiger partial charge in [0, 0.05) is 24.6 Å². The molecule has 2 aromatic rings. The molecular weight excluding hydrogens is 316 g/mol. The third-order valence-electron chi connectivity index (χ3n) is 5.21. The van der Waals surface area contributed by atoms with Gasteiger partial charge in [0.25, 0.3) is 0 Å². The Balaban J connectivity index is 1.30. The minimum atomic E-state index is 0.192. The summed E-state index contributed by atoms with van der Waals surface area (Å²) in [6, 6.07) is 9.85. The quantitative estimate of drug-likeness (QED) is 0.856. The Morgan fingerprint density at radius 2 is 1.80 bits per heavy atom. The van der Waals surface area contributed by atoms with E-state index in [1.807, 2.05) is 35.2 Å². The van der Waals surface area contributed by atoms with Crippen molar-refractivity contribution in [2.24, 2.45) is 5.92 Å². The summed E-state index contributed by atoms with van der Waals surface area (Å²) in [6.45, 7) is 4.37. The molecule has 4 rings (SSSR count). The Kier molecular flexibility index (Phi) is 4.78. The van der Waals surface area contributed by atoms with Crippen molar-refractivity contribution in [2.45, 2.75) is 32.2 Å². The molecule has 6 heteroatoms. The largest absolute Gasteiger partial charge is 0.342 e. The minimum absolute atomic E-state index is 0.192. The average molecular weight is 340 g/mol. The Morgan fingerprint density at radius 1 is 1.08 bits per heavy atom. The summed E-state index contributed by atoms with van der Waals surface area (Å²) in [5, 5.41) is 4.07. The molecule has 0 atom stereocenters. The van der Waals surface area contributed by atoms with Crippen molar-refractivity contribution in [1.29, 1.82) is 0 Å². The second-order valence-corrected chi connectivity index (χ2v) is 6.96. The number of carbonyl (C=O) groups excluding carboxylic acids is 1. The summed E-state index contributed by atoms with van der Waals surface area (Å²) in [7, 11) is 0. The van der Waals surface area contributed by atoms with Crippen LogP contribution in [0.5, 0.6) is 0 Å². The van der Waals surface area contributed by atoms with Crippen LogP contribution in [0, 0.1) is 5.92 Å².